The maximum Gasteiger partial charge on any atom is 0.207 e. The molecule has 0 fully saturated rings. The SMILES string of the molecule is C=CC/C(=C(\c1ccccc1)S(=O)(=O)c1ccc(C)cc1)c1ccccc1. The number of rotatable bonds is 6. The van der Waals surface area contributed by atoms with E-state index in [2.05, 4.69) is 6.58 Å². The predicted molar refractivity (Wildman–Crippen MR) is 113 cm³/mol. The van der Waals surface area contributed by atoms with Crippen LogP contribution in [0.1, 0.15) is 23.1 Å². The fourth-order valence-electron chi connectivity index (χ4n) is 3.04. The summed E-state index contributed by atoms with van der Waals surface area (Å²) >= 11 is 0. The Bertz CT molecular complexity index is 1050. The second kappa shape index (κ2) is 8.19. The molecule has 0 heterocycles. The molecule has 3 rings (SSSR count). The van der Waals surface area contributed by atoms with E-state index in [1.165, 1.54) is 0 Å². The Morgan fingerprint density at radius 3 is 1.85 bits per heavy atom. The highest BCUT2D eigenvalue weighted by atomic mass is 32.2. The summed E-state index contributed by atoms with van der Waals surface area (Å²) in [7, 11) is -3.71. The van der Waals surface area contributed by atoms with Crippen LogP contribution >= 0.6 is 0 Å². The molecule has 3 heteroatoms. The Morgan fingerprint density at radius 2 is 1.33 bits per heavy atom. The normalized spacial score (nSPS) is 12.3. The van der Waals surface area contributed by atoms with Gasteiger partial charge >= 0.3 is 0 Å². The minimum atomic E-state index is -3.71. The lowest BCUT2D eigenvalue weighted by atomic mass is 9.99. The molecule has 27 heavy (non-hydrogen) atoms. The largest absolute Gasteiger partial charge is 0.218 e. The zero-order valence-electron chi connectivity index (χ0n) is 15.3. The van der Waals surface area contributed by atoms with Crippen LogP contribution in [-0.2, 0) is 9.84 Å². The molecule has 0 radical (unpaired) electrons. The molecule has 136 valence electrons. The van der Waals surface area contributed by atoms with Gasteiger partial charge in [0.15, 0.2) is 0 Å². The molecule has 0 aliphatic rings. The fourth-order valence-corrected chi connectivity index (χ4v) is 4.74. The van der Waals surface area contributed by atoms with Crippen LogP contribution in [0.15, 0.2) is 102 Å². The van der Waals surface area contributed by atoms with Gasteiger partial charge in [0.2, 0.25) is 9.84 Å². The van der Waals surface area contributed by atoms with Crippen LogP contribution in [-0.4, -0.2) is 8.42 Å². The minimum absolute atomic E-state index is 0.296. The molecule has 0 aromatic heterocycles. The van der Waals surface area contributed by atoms with Crippen molar-refractivity contribution in [2.24, 2.45) is 0 Å². The summed E-state index contributed by atoms with van der Waals surface area (Å²) in [5, 5.41) is 0. The summed E-state index contributed by atoms with van der Waals surface area (Å²) in [4.78, 5) is 0.627. The Kier molecular flexibility index (Phi) is 5.72. The highest BCUT2D eigenvalue weighted by Crippen LogP contribution is 2.37. The van der Waals surface area contributed by atoms with Gasteiger partial charge in [0.1, 0.15) is 0 Å². The van der Waals surface area contributed by atoms with Crippen LogP contribution in [0.2, 0.25) is 0 Å². The van der Waals surface area contributed by atoms with E-state index in [0.717, 1.165) is 16.7 Å². The van der Waals surface area contributed by atoms with Crippen LogP contribution in [0.25, 0.3) is 10.5 Å². The number of aryl methyl sites for hydroxylation is 1. The number of hydrogen-bond donors (Lipinski definition) is 0. The average Bonchev–Trinajstić information content (AvgIpc) is 2.69. The molecule has 3 aromatic carbocycles. The fraction of sp³-hybridized carbons (Fsp3) is 0.0833. The van der Waals surface area contributed by atoms with Crippen molar-refractivity contribution >= 4 is 20.3 Å². The van der Waals surface area contributed by atoms with Gasteiger partial charge in [-0.3, -0.25) is 0 Å². The molecule has 0 bridgehead atoms. The van der Waals surface area contributed by atoms with Gasteiger partial charge in [-0.2, -0.15) is 0 Å². The Balaban J connectivity index is 2.34. The van der Waals surface area contributed by atoms with E-state index >= 15 is 0 Å². The second-order valence-electron chi connectivity index (χ2n) is 6.35. The predicted octanol–water partition coefficient (Wildman–Crippen LogP) is 5.91. The van der Waals surface area contributed by atoms with Crippen LogP contribution in [0.5, 0.6) is 0 Å². The highest BCUT2D eigenvalue weighted by Gasteiger charge is 2.26. The van der Waals surface area contributed by atoms with Crippen LogP contribution in [0.4, 0.5) is 0 Å². The van der Waals surface area contributed by atoms with Gasteiger partial charge in [-0.1, -0.05) is 84.4 Å². The molecule has 0 saturated heterocycles. The zero-order valence-corrected chi connectivity index (χ0v) is 16.1. The molecule has 0 atom stereocenters. The van der Waals surface area contributed by atoms with E-state index in [1.807, 2.05) is 79.7 Å². The Labute approximate surface area is 161 Å². The van der Waals surface area contributed by atoms with Crippen molar-refractivity contribution in [1.29, 1.82) is 0 Å². The van der Waals surface area contributed by atoms with Gasteiger partial charge in [-0.25, -0.2) is 8.42 Å². The summed E-state index contributed by atoms with van der Waals surface area (Å²) in [5.74, 6) is 0. The minimum Gasteiger partial charge on any atom is -0.218 e. The molecule has 0 aliphatic heterocycles. The molecule has 2 nitrogen and oxygen atoms in total. The third-order valence-corrected chi connectivity index (χ3v) is 6.29. The number of benzene rings is 3. The van der Waals surface area contributed by atoms with Gasteiger partial charge in [0, 0.05) is 0 Å². The third kappa shape index (κ3) is 4.09. The van der Waals surface area contributed by atoms with Gasteiger partial charge < -0.3 is 0 Å². The van der Waals surface area contributed by atoms with Crippen molar-refractivity contribution in [2.45, 2.75) is 18.2 Å². The van der Waals surface area contributed by atoms with Gasteiger partial charge in [0.05, 0.1) is 9.80 Å². The van der Waals surface area contributed by atoms with Crippen molar-refractivity contribution in [3.05, 3.63) is 114 Å². The maximum atomic E-state index is 13.6. The first-order chi connectivity index (χ1) is 13.0. The van der Waals surface area contributed by atoms with Crippen LogP contribution < -0.4 is 0 Å². The molecule has 3 aromatic rings. The topological polar surface area (TPSA) is 34.1 Å². The zero-order chi connectivity index (χ0) is 19.3. The van der Waals surface area contributed by atoms with E-state index < -0.39 is 9.84 Å². The first kappa shape index (κ1) is 18.9. The standard InChI is InChI=1S/C24H22O2S/c1-3-10-23(20-11-6-4-7-12-20)24(21-13-8-5-9-14-21)27(25,26)22-17-15-19(2)16-18-22/h3-9,11-18H,1,10H2,2H3/b24-23-. The molecule has 0 saturated carbocycles. The van der Waals surface area contributed by atoms with Crippen molar-refractivity contribution in [3.63, 3.8) is 0 Å². The van der Waals surface area contributed by atoms with Crippen molar-refractivity contribution in [2.75, 3.05) is 0 Å². The van der Waals surface area contributed by atoms with Crippen molar-refractivity contribution < 1.29 is 8.42 Å². The van der Waals surface area contributed by atoms with Crippen LogP contribution in [0, 0.1) is 6.92 Å². The summed E-state index contributed by atoms with van der Waals surface area (Å²) in [5.41, 5.74) is 3.33. The second-order valence-corrected chi connectivity index (χ2v) is 8.24. The first-order valence-electron chi connectivity index (χ1n) is 8.80. The number of sulfone groups is 1. The smallest absolute Gasteiger partial charge is 0.207 e. The Morgan fingerprint density at radius 1 is 0.815 bits per heavy atom. The number of allylic oxidation sites excluding steroid dienone is 2. The molecular weight excluding hydrogens is 352 g/mol. The summed E-state index contributed by atoms with van der Waals surface area (Å²) in [6, 6.07) is 25.9. The lowest BCUT2D eigenvalue weighted by Gasteiger charge is -2.16. The van der Waals surface area contributed by atoms with Gasteiger partial charge in [-0.15, -0.1) is 6.58 Å². The van der Waals surface area contributed by atoms with Crippen molar-refractivity contribution in [3.8, 4) is 0 Å². The molecular formula is C24H22O2S. The third-order valence-electron chi connectivity index (χ3n) is 4.38. The van der Waals surface area contributed by atoms with E-state index in [1.54, 1.807) is 18.2 Å². The van der Waals surface area contributed by atoms with Gasteiger partial charge in [-0.05, 0) is 42.2 Å². The van der Waals surface area contributed by atoms with E-state index in [9.17, 15) is 8.42 Å². The van der Waals surface area contributed by atoms with Crippen molar-refractivity contribution in [1.82, 2.24) is 0 Å². The van der Waals surface area contributed by atoms with E-state index in [0.29, 0.717) is 21.8 Å². The molecule has 0 amide bonds. The van der Waals surface area contributed by atoms with Gasteiger partial charge in [0.25, 0.3) is 0 Å². The van der Waals surface area contributed by atoms with E-state index in [-0.39, 0.29) is 0 Å². The average molecular weight is 375 g/mol. The molecule has 0 spiro atoms. The highest BCUT2D eigenvalue weighted by molar-refractivity contribution is 8.01. The monoisotopic (exact) mass is 374 g/mol. The summed E-state index contributed by atoms with van der Waals surface area (Å²) in [6.07, 6.45) is 2.20. The Hall–Kier alpha value is -2.91. The number of hydrogen-bond acceptors (Lipinski definition) is 2. The first-order valence-corrected chi connectivity index (χ1v) is 10.3. The molecule has 0 unspecified atom stereocenters. The van der Waals surface area contributed by atoms with E-state index in [4.69, 9.17) is 0 Å². The quantitative estimate of drug-likeness (QED) is 0.397. The maximum absolute atomic E-state index is 13.6. The van der Waals surface area contributed by atoms with Crippen LogP contribution in [0.3, 0.4) is 0 Å². The molecule has 0 N–H and O–H groups in total. The molecule has 0 aliphatic carbocycles. The summed E-state index contributed by atoms with van der Waals surface area (Å²) < 4.78 is 27.3. The lowest BCUT2D eigenvalue weighted by molar-refractivity contribution is 0.606. The lowest BCUT2D eigenvalue weighted by Crippen LogP contribution is -2.07. The summed E-state index contributed by atoms with van der Waals surface area (Å²) in [6.45, 7) is 5.78.